The first-order valence-corrected chi connectivity index (χ1v) is 9.64. The van der Waals surface area contributed by atoms with E-state index in [0.717, 1.165) is 38.0 Å². The Bertz CT molecular complexity index is 599. The maximum absolute atomic E-state index is 5.67. The van der Waals surface area contributed by atoms with Gasteiger partial charge < -0.3 is 34.3 Å². The predicted octanol–water partition coefficient (Wildman–Crippen LogP) is 2.58. The number of benzene rings is 1. The first-order chi connectivity index (χ1) is 13.7. The summed E-state index contributed by atoms with van der Waals surface area (Å²) >= 11 is 0. The normalized spacial score (nSPS) is 16.1. The topological polar surface area (TPSA) is 82.6 Å². The van der Waals surface area contributed by atoms with Gasteiger partial charge in [-0.15, -0.1) is 24.0 Å². The maximum Gasteiger partial charge on any atom is 0.191 e. The van der Waals surface area contributed by atoms with Gasteiger partial charge in [0.1, 0.15) is 17.2 Å². The van der Waals surface area contributed by atoms with Gasteiger partial charge in [-0.25, -0.2) is 0 Å². The van der Waals surface area contributed by atoms with E-state index in [1.807, 2.05) is 12.1 Å². The average molecular weight is 523 g/mol. The molecule has 0 bridgehead atoms. The summed E-state index contributed by atoms with van der Waals surface area (Å²) in [5, 5.41) is 6.57. The predicted molar refractivity (Wildman–Crippen MR) is 124 cm³/mol. The molecule has 1 atom stereocenters. The van der Waals surface area contributed by atoms with Crippen LogP contribution in [-0.4, -0.2) is 66.8 Å². The van der Waals surface area contributed by atoms with Crippen LogP contribution in [0.5, 0.6) is 17.2 Å². The van der Waals surface area contributed by atoms with E-state index in [-0.39, 0.29) is 30.1 Å². The van der Waals surface area contributed by atoms with E-state index in [1.54, 1.807) is 28.4 Å². The van der Waals surface area contributed by atoms with Crippen molar-refractivity contribution in [2.24, 2.45) is 4.99 Å². The van der Waals surface area contributed by atoms with Crippen LogP contribution in [-0.2, 0) is 16.0 Å². The molecule has 1 saturated heterocycles. The third kappa shape index (κ3) is 8.43. The van der Waals surface area contributed by atoms with E-state index in [4.69, 9.17) is 23.7 Å². The number of methoxy groups -OCH3 is 3. The van der Waals surface area contributed by atoms with Crippen molar-refractivity contribution in [3.05, 3.63) is 17.7 Å². The zero-order valence-electron chi connectivity index (χ0n) is 17.8. The monoisotopic (exact) mass is 523 g/mol. The van der Waals surface area contributed by atoms with E-state index in [2.05, 4.69) is 15.6 Å². The lowest BCUT2D eigenvalue weighted by atomic mass is 10.1. The highest BCUT2D eigenvalue weighted by Crippen LogP contribution is 2.33. The molecule has 1 heterocycles. The smallest absolute Gasteiger partial charge is 0.191 e. The summed E-state index contributed by atoms with van der Waals surface area (Å²) in [6, 6.07) is 3.67. The van der Waals surface area contributed by atoms with E-state index in [9.17, 15) is 0 Å². The second kappa shape index (κ2) is 14.5. The molecular weight excluding hydrogens is 489 g/mol. The number of aliphatic imine (C=N–C) groups is 1. The van der Waals surface area contributed by atoms with Gasteiger partial charge >= 0.3 is 0 Å². The first-order valence-electron chi connectivity index (χ1n) is 9.64. The molecule has 29 heavy (non-hydrogen) atoms. The second-order valence-corrected chi connectivity index (χ2v) is 6.43. The van der Waals surface area contributed by atoms with Crippen LogP contribution in [0.3, 0.4) is 0 Å². The average Bonchev–Trinajstić information content (AvgIpc) is 3.25. The molecule has 1 aliphatic rings. The van der Waals surface area contributed by atoms with E-state index in [1.165, 1.54) is 0 Å². The Morgan fingerprint density at radius 3 is 2.41 bits per heavy atom. The number of hydrogen-bond acceptors (Lipinski definition) is 6. The number of halogens is 1. The van der Waals surface area contributed by atoms with Crippen molar-refractivity contribution >= 4 is 29.9 Å². The number of ether oxygens (including phenoxy) is 5. The summed E-state index contributed by atoms with van der Waals surface area (Å²) in [5.41, 5.74) is 0.897. The molecule has 2 rings (SSSR count). The minimum absolute atomic E-state index is 0. The van der Waals surface area contributed by atoms with Crippen LogP contribution in [0, 0.1) is 0 Å². The van der Waals surface area contributed by atoms with Crippen LogP contribution in [0.15, 0.2) is 17.1 Å². The van der Waals surface area contributed by atoms with Crippen molar-refractivity contribution < 1.29 is 23.7 Å². The Morgan fingerprint density at radius 2 is 1.86 bits per heavy atom. The van der Waals surface area contributed by atoms with Crippen LogP contribution < -0.4 is 24.8 Å². The number of guanidine groups is 1. The SMILES string of the molecule is CN=C(NCCCOCC1CCCO1)NCc1c(OC)cc(OC)cc1OC.I. The summed E-state index contributed by atoms with van der Waals surface area (Å²) in [6.45, 7) is 3.52. The second-order valence-electron chi connectivity index (χ2n) is 6.43. The minimum Gasteiger partial charge on any atom is -0.496 e. The summed E-state index contributed by atoms with van der Waals surface area (Å²) in [6.07, 6.45) is 3.41. The van der Waals surface area contributed by atoms with Gasteiger partial charge in [-0.3, -0.25) is 4.99 Å². The fourth-order valence-electron chi connectivity index (χ4n) is 3.02. The van der Waals surface area contributed by atoms with Crippen LogP contribution >= 0.6 is 24.0 Å². The van der Waals surface area contributed by atoms with Gasteiger partial charge in [0.25, 0.3) is 0 Å². The highest BCUT2D eigenvalue weighted by Gasteiger charge is 2.15. The Morgan fingerprint density at radius 1 is 1.14 bits per heavy atom. The van der Waals surface area contributed by atoms with Crippen LogP contribution in [0.1, 0.15) is 24.8 Å². The van der Waals surface area contributed by atoms with Gasteiger partial charge in [-0.05, 0) is 19.3 Å². The Labute approximate surface area is 190 Å². The lowest BCUT2D eigenvalue weighted by molar-refractivity contribution is 0.0168. The molecule has 1 fully saturated rings. The van der Waals surface area contributed by atoms with Crippen LogP contribution in [0.4, 0.5) is 0 Å². The largest absolute Gasteiger partial charge is 0.496 e. The Hall–Kier alpha value is -1.46. The van der Waals surface area contributed by atoms with Gasteiger partial charge in [-0.2, -0.15) is 0 Å². The molecule has 0 saturated carbocycles. The summed E-state index contributed by atoms with van der Waals surface area (Å²) in [5.74, 6) is 2.78. The molecule has 0 spiro atoms. The van der Waals surface area contributed by atoms with Crippen LogP contribution in [0.2, 0.25) is 0 Å². The molecule has 8 nitrogen and oxygen atoms in total. The molecule has 1 aliphatic heterocycles. The van der Waals surface area contributed by atoms with Crippen LogP contribution in [0.25, 0.3) is 0 Å². The molecule has 0 radical (unpaired) electrons. The summed E-state index contributed by atoms with van der Waals surface area (Å²) in [7, 11) is 6.61. The number of nitrogens with one attached hydrogen (secondary N) is 2. The van der Waals surface area contributed by atoms with E-state index >= 15 is 0 Å². The van der Waals surface area contributed by atoms with Crippen molar-refractivity contribution in [1.29, 1.82) is 0 Å². The molecule has 0 amide bonds. The highest BCUT2D eigenvalue weighted by atomic mass is 127. The Balaban J connectivity index is 0.00000420. The third-order valence-corrected chi connectivity index (χ3v) is 4.56. The van der Waals surface area contributed by atoms with Crippen molar-refractivity contribution in [3.63, 3.8) is 0 Å². The molecule has 1 aromatic carbocycles. The Kier molecular flexibility index (Phi) is 12.8. The first kappa shape index (κ1) is 25.6. The number of rotatable bonds is 11. The van der Waals surface area contributed by atoms with Gasteiger partial charge in [0.05, 0.1) is 46.1 Å². The zero-order valence-corrected chi connectivity index (χ0v) is 20.1. The standard InChI is InChI=1S/C20H33N3O5.HI/c1-21-20(22-8-6-9-27-14-15-7-5-10-28-15)23-13-17-18(25-3)11-16(24-2)12-19(17)26-4;/h11-12,15H,5-10,13-14H2,1-4H3,(H2,21,22,23);1H. The highest BCUT2D eigenvalue weighted by molar-refractivity contribution is 14.0. The number of hydrogen-bond donors (Lipinski definition) is 2. The maximum atomic E-state index is 5.67. The number of nitrogens with zero attached hydrogens (tertiary/aromatic N) is 1. The van der Waals surface area contributed by atoms with E-state index in [0.29, 0.717) is 43.0 Å². The minimum atomic E-state index is 0. The molecule has 0 aromatic heterocycles. The van der Waals surface area contributed by atoms with Crippen molar-refractivity contribution in [2.75, 3.05) is 54.7 Å². The quantitative estimate of drug-likeness (QED) is 0.200. The molecule has 2 N–H and O–H groups in total. The van der Waals surface area contributed by atoms with E-state index < -0.39 is 0 Å². The lowest BCUT2D eigenvalue weighted by Crippen LogP contribution is -2.37. The third-order valence-electron chi connectivity index (χ3n) is 4.56. The molecule has 1 unspecified atom stereocenters. The fraction of sp³-hybridized carbons (Fsp3) is 0.650. The molecule has 0 aliphatic carbocycles. The lowest BCUT2D eigenvalue weighted by Gasteiger charge is -2.17. The molecule has 166 valence electrons. The van der Waals surface area contributed by atoms with Crippen molar-refractivity contribution in [2.45, 2.75) is 31.9 Å². The van der Waals surface area contributed by atoms with Gasteiger partial charge in [0, 0.05) is 38.9 Å². The van der Waals surface area contributed by atoms with Gasteiger partial charge in [-0.1, -0.05) is 0 Å². The van der Waals surface area contributed by atoms with Crippen molar-refractivity contribution in [3.8, 4) is 17.2 Å². The molecule has 1 aromatic rings. The van der Waals surface area contributed by atoms with Gasteiger partial charge in [0.15, 0.2) is 5.96 Å². The van der Waals surface area contributed by atoms with Gasteiger partial charge in [0.2, 0.25) is 0 Å². The molecular formula is C20H34IN3O5. The summed E-state index contributed by atoms with van der Waals surface area (Å²) in [4.78, 5) is 4.26. The fourth-order valence-corrected chi connectivity index (χ4v) is 3.02. The zero-order chi connectivity index (χ0) is 20.2. The molecule has 9 heteroatoms. The summed E-state index contributed by atoms with van der Waals surface area (Å²) < 4.78 is 27.5. The van der Waals surface area contributed by atoms with Crippen molar-refractivity contribution in [1.82, 2.24) is 10.6 Å².